The van der Waals surface area contributed by atoms with Gasteiger partial charge in [-0.15, -0.1) is 0 Å². The highest BCUT2D eigenvalue weighted by Crippen LogP contribution is 2.44. The number of nitrogens with one attached hydrogen (secondary N) is 2. The van der Waals surface area contributed by atoms with Crippen LogP contribution in [0.15, 0.2) is 53.4 Å². The highest BCUT2D eigenvalue weighted by Gasteiger charge is 2.49. The highest BCUT2D eigenvalue weighted by molar-refractivity contribution is 7.92. The fraction of sp³-hybridized carbons (Fsp3) is 0.448. The molecule has 4 atom stereocenters. The van der Waals surface area contributed by atoms with Gasteiger partial charge in [0.1, 0.15) is 5.75 Å². The molecule has 9 nitrogen and oxygen atoms in total. The average molecular weight is 611 g/mol. The van der Waals surface area contributed by atoms with E-state index in [1.807, 2.05) is 12.2 Å². The Balaban J connectivity index is 1.51. The van der Waals surface area contributed by atoms with Gasteiger partial charge in [-0.05, 0) is 61.8 Å². The number of sulfone groups is 1. The Morgan fingerprint density at radius 1 is 1.07 bits per heavy atom. The average Bonchev–Trinajstić information content (AvgIpc) is 3.55. The van der Waals surface area contributed by atoms with E-state index in [-0.39, 0.29) is 54.7 Å². The van der Waals surface area contributed by atoms with E-state index in [2.05, 4.69) is 10.6 Å². The standard InChI is InChI=1S/C29H33F3N2O7S/c1-29(31,32)42(38,39)20-8-6-7-19(14-20)33-28(37)25-17-9-10-18(13-17)26(25)34-27(36)21-15-24(22(30)16-23(21)40-2)41-12-5-3-4-11-35/h6-10,14-18,25-26,35H,3-5,11-13H2,1-2H3,(H,33,37)(H,34,36)/t17-,18+,25+,26-/m1/s1. The molecule has 4 rings (SSSR count). The van der Waals surface area contributed by atoms with Crippen molar-refractivity contribution in [3.8, 4) is 11.5 Å². The Morgan fingerprint density at radius 2 is 1.81 bits per heavy atom. The summed E-state index contributed by atoms with van der Waals surface area (Å²) in [6, 6.07) is 6.26. The Hall–Kier alpha value is -3.58. The summed E-state index contributed by atoms with van der Waals surface area (Å²) in [5, 5.41) is 10.4. The molecule has 2 aliphatic carbocycles. The number of rotatable bonds is 13. The molecular weight excluding hydrogens is 577 g/mol. The SMILES string of the molecule is COc1cc(F)c(OCCCCCO)cc1C(=O)N[C@H]1[C@@H](C(=O)Nc2cccc(S(=O)(=O)C(C)(F)F)c2)[C@@H]2C=C[C@H]1C2. The third kappa shape index (κ3) is 6.57. The summed E-state index contributed by atoms with van der Waals surface area (Å²) in [6.07, 6.45) is 6.22. The molecule has 2 bridgehead atoms. The van der Waals surface area contributed by atoms with Crippen molar-refractivity contribution in [3.63, 3.8) is 0 Å². The lowest BCUT2D eigenvalue weighted by Gasteiger charge is -2.28. The second-order valence-corrected chi connectivity index (χ2v) is 12.6. The van der Waals surface area contributed by atoms with Crippen molar-refractivity contribution in [3.05, 3.63) is 59.9 Å². The highest BCUT2D eigenvalue weighted by atomic mass is 32.2. The number of alkyl halides is 2. The van der Waals surface area contributed by atoms with Crippen LogP contribution in [0.5, 0.6) is 11.5 Å². The van der Waals surface area contributed by atoms with E-state index >= 15 is 0 Å². The quantitative estimate of drug-likeness (QED) is 0.227. The number of benzene rings is 2. The van der Waals surface area contributed by atoms with Crippen molar-refractivity contribution in [1.82, 2.24) is 5.32 Å². The number of hydrogen-bond donors (Lipinski definition) is 3. The van der Waals surface area contributed by atoms with Crippen LogP contribution in [0.2, 0.25) is 0 Å². The molecule has 0 aromatic heterocycles. The number of ether oxygens (including phenoxy) is 2. The molecule has 0 heterocycles. The Morgan fingerprint density at radius 3 is 2.50 bits per heavy atom. The number of fused-ring (bicyclic) bond motifs is 2. The predicted octanol–water partition coefficient (Wildman–Crippen LogP) is 4.32. The first-order valence-electron chi connectivity index (χ1n) is 13.5. The van der Waals surface area contributed by atoms with Crippen molar-refractivity contribution >= 4 is 27.3 Å². The minimum absolute atomic E-state index is 0.00794. The summed E-state index contributed by atoms with van der Waals surface area (Å²) in [6.45, 7) is 0.513. The van der Waals surface area contributed by atoms with Crippen molar-refractivity contribution < 1.29 is 45.8 Å². The molecule has 2 aliphatic rings. The number of carbonyl (C=O) groups excluding carboxylic acids is 2. The molecule has 0 radical (unpaired) electrons. The Labute approximate surface area is 242 Å². The zero-order valence-corrected chi connectivity index (χ0v) is 23.9. The second kappa shape index (κ2) is 12.7. The number of carbonyl (C=O) groups is 2. The van der Waals surface area contributed by atoms with Gasteiger partial charge in [-0.3, -0.25) is 9.59 Å². The summed E-state index contributed by atoms with van der Waals surface area (Å²) in [5.41, 5.74) is 0.0247. The van der Waals surface area contributed by atoms with E-state index in [0.29, 0.717) is 25.7 Å². The predicted molar refractivity (Wildman–Crippen MR) is 148 cm³/mol. The molecule has 42 heavy (non-hydrogen) atoms. The molecular formula is C29H33F3N2O7S. The van der Waals surface area contributed by atoms with Gasteiger partial charge in [0.2, 0.25) is 15.7 Å². The minimum Gasteiger partial charge on any atom is -0.496 e. The minimum atomic E-state index is -4.95. The lowest BCUT2D eigenvalue weighted by molar-refractivity contribution is -0.121. The first-order valence-corrected chi connectivity index (χ1v) is 15.0. The molecule has 0 spiro atoms. The van der Waals surface area contributed by atoms with Crippen LogP contribution in [0.25, 0.3) is 0 Å². The van der Waals surface area contributed by atoms with Crippen LogP contribution < -0.4 is 20.1 Å². The van der Waals surface area contributed by atoms with Crippen LogP contribution in [-0.4, -0.2) is 57.0 Å². The van der Waals surface area contributed by atoms with E-state index in [4.69, 9.17) is 14.6 Å². The lowest BCUT2D eigenvalue weighted by Crippen LogP contribution is -2.47. The van der Waals surface area contributed by atoms with Crippen molar-refractivity contribution in [2.45, 2.75) is 48.8 Å². The van der Waals surface area contributed by atoms with E-state index in [9.17, 15) is 31.2 Å². The van der Waals surface area contributed by atoms with Gasteiger partial charge in [0.05, 0.1) is 30.1 Å². The summed E-state index contributed by atoms with van der Waals surface area (Å²) < 4.78 is 77.1. The number of amides is 2. The van der Waals surface area contributed by atoms with Crippen LogP contribution in [0.1, 0.15) is 43.0 Å². The fourth-order valence-electron chi connectivity index (χ4n) is 5.34. The number of hydrogen-bond acceptors (Lipinski definition) is 7. The van der Waals surface area contributed by atoms with Gasteiger partial charge in [0.15, 0.2) is 11.6 Å². The monoisotopic (exact) mass is 610 g/mol. The van der Waals surface area contributed by atoms with Crippen LogP contribution >= 0.6 is 0 Å². The Kier molecular flexibility index (Phi) is 9.51. The molecule has 0 unspecified atom stereocenters. The molecule has 3 N–H and O–H groups in total. The molecule has 228 valence electrons. The fourth-order valence-corrected chi connectivity index (χ4v) is 6.30. The lowest BCUT2D eigenvalue weighted by atomic mass is 9.87. The van der Waals surface area contributed by atoms with E-state index < -0.39 is 49.6 Å². The summed E-state index contributed by atoms with van der Waals surface area (Å²) >= 11 is 0. The van der Waals surface area contributed by atoms with Gasteiger partial charge in [0, 0.05) is 31.3 Å². The molecule has 0 saturated heterocycles. The summed E-state index contributed by atoms with van der Waals surface area (Å²) in [4.78, 5) is 26.2. The number of allylic oxidation sites excluding steroid dienone is 1. The summed E-state index contributed by atoms with van der Waals surface area (Å²) in [7, 11) is -3.66. The summed E-state index contributed by atoms with van der Waals surface area (Å²) in [5.74, 6) is -3.15. The van der Waals surface area contributed by atoms with E-state index in [1.165, 1.54) is 25.3 Å². The number of aliphatic hydroxyl groups excluding tert-OH is 1. The number of methoxy groups -OCH3 is 1. The third-order valence-corrected chi connectivity index (χ3v) is 9.32. The molecule has 13 heteroatoms. The maximum atomic E-state index is 14.6. The zero-order valence-electron chi connectivity index (χ0n) is 23.1. The Bertz CT molecular complexity index is 1460. The van der Waals surface area contributed by atoms with Gasteiger partial charge in [-0.1, -0.05) is 18.2 Å². The normalized spacial score (nSPS) is 21.3. The number of unbranched alkanes of at least 4 members (excludes halogenated alkanes) is 2. The molecule has 2 amide bonds. The largest absolute Gasteiger partial charge is 0.496 e. The van der Waals surface area contributed by atoms with Crippen molar-refractivity contribution in [2.75, 3.05) is 25.6 Å². The first-order chi connectivity index (χ1) is 19.9. The van der Waals surface area contributed by atoms with E-state index in [1.54, 1.807) is 0 Å². The first kappa shape index (κ1) is 31.4. The van der Waals surface area contributed by atoms with Crippen LogP contribution in [-0.2, 0) is 14.6 Å². The van der Waals surface area contributed by atoms with E-state index in [0.717, 1.165) is 18.2 Å². The maximum absolute atomic E-state index is 14.6. The van der Waals surface area contributed by atoms with Gasteiger partial charge >= 0.3 is 5.25 Å². The van der Waals surface area contributed by atoms with Gasteiger partial charge in [-0.25, -0.2) is 12.8 Å². The second-order valence-electron chi connectivity index (χ2n) is 10.4. The molecule has 2 aromatic carbocycles. The topological polar surface area (TPSA) is 131 Å². The van der Waals surface area contributed by atoms with Crippen LogP contribution in [0.3, 0.4) is 0 Å². The zero-order chi connectivity index (χ0) is 30.7. The molecule has 2 aromatic rings. The van der Waals surface area contributed by atoms with Gasteiger partial charge < -0.3 is 25.2 Å². The van der Waals surface area contributed by atoms with Crippen molar-refractivity contribution in [2.24, 2.45) is 17.8 Å². The smallest absolute Gasteiger partial charge is 0.347 e. The number of aliphatic hydroxyl groups is 1. The molecule has 1 fully saturated rings. The van der Waals surface area contributed by atoms with Gasteiger partial charge in [0.25, 0.3) is 5.91 Å². The van der Waals surface area contributed by atoms with Crippen LogP contribution in [0, 0.1) is 23.6 Å². The van der Waals surface area contributed by atoms with Crippen LogP contribution in [0.4, 0.5) is 18.9 Å². The molecule has 0 aliphatic heterocycles. The van der Waals surface area contributed by atoms with Gasteiger partial charge in [-0.2, -0.15) is 8.78 Å². The maximum Gasteiger partial charge on any atom is 0.347 e. The third-order valence-electron chi connectivity index (χ3n) is 7.50. The number of anilines is 1. The molecule has 1 saturated carbocycles. The van der Waals surface area contributed by atoms with Crippen molar-refractivity contribution in [1.29, 1.82) is 0 Å². The number of halogens is 3.